The van der Waals surface area contributed by atoms with Gasteiger partial charge in [-0.1, -0.05) is 23.4 Å². The summed E-state index contributed by atoms with van der Waals surface area (Å²) < 4.78 is 4.76. The molecule has 1 aromatic carbocycles. The Labute approximate surface area is 81.1 Å². The van der Waals surface area contributed by atoms with Crippen molar-refractivity contribution in [2.45, 2.75) is 5.88 Å². The fourth-order valence-corrected chi connectivity index (χ4v) is 1.34. The van der Waals surface area contributed by atoms with Gasteiger partial charge in [-0.05, 0) is 11.6 Å². The van der Waals surface area contributed by atoms with Crippen molar-refractivity contribution in [3.8, 4) is 11.3 Å². The van der Waals surface area contributed by atoms with Gasteiger partial charge in [-0.3, -0.25) is 0 Å². The first-order chi connectivity index (χ1) is 6.40. The second-order valence-electron chi connectivity index (χ2n) is 2.72. The van der Waals surface area contributed by atoms with Crippen LogP contribution in [-0.2, 0) is 5.88 Å². The summed E-state index contributed by atoms with van der Waals surface area (Å²) in [6, 6.07) is 9.75. The lowest BCUT2D eigenvalue weighted by molar-refractivity contribution is 0.422. The van der Waals surface area contributed by atoms with E-state index in [1.807, 2.05) is 30.3 Å². The highest BCUT2D eigenvalue weighted by molar-refractivity contribution is 6.17. The summed E-state index contributed by atoms with van der Waals surface area (Å²) >= 11 is 5.72. The molecule has 0 aliphatic rings. The molecule has 2 nitrogen and oxygen atoms in total. The van der Waals surface area contributed by atoms with Crippen LogP contribution < -0.4 is 0 Å². The minimum absolute atomic E-state index is 0.520. The number of nitrogens with zero attached hydrogens (tertiary/aromatic N) is 1. The molecule has 0 fully saturated rings. The molecule has 0 atom stereocenters. The molecule has 2 rings (SSSR count). The zero-order chi connectivity index (χ0) is 9.10. The Morgan fingerprint density at radius 3 is 2.92 bits per heavy atom. The van der Waals surface area contributed by atoms with Crippen molar-refractivity contribution in [2.24, 2.45) is 0 Å². The maximum Gasteiger partial charge on any atom is 0.124 e. The molecule has 0 aliphatic heterocycles. The third-order valence-corrected chi connectivity index (χ3v) is 2.12. The van der Waals surface area contributed by atoms with Crippen molar-refractivity contribution < 1.29 is 4.52 Å². The van der Waals surface area contributed by atoms with Gasteiger partial charge >= 0.3 is 0 Å². The molecule has 0 N–H and O–H groups in total. The van der Waals surface area contributed by atoms with E-state index >= 15 is 0 Å². The zero-order valence-electron chi connectivity index (χ0n) is 6.90. The zero-order valence-corrected chi connectivity index (χ0v) is 7.66. The van der Waals surface area contributed by atoms with Crippen LogP contribution in [0.2, 0.25) is 0 Å². The monoisotopic (exact) mass is 193 g/mol. The third kappa shape index (κ3) is 1.73. The average molecular weight is 194 g/mol. The lowest BCUT2D eigenvalue weighted by Gasteiger charge is -1.97. The van der Waals surface area contributed by atoms with Crippen LogP contribution in [0.1, 0.15) is 5.56 Å². The predicted octanol–water partition coefficient (Wildman–Crippen LogP) is 3.08. The summed E-state index contributed by atoms with van der Waals surface area (Å²) in [5.74, 6) is 0.520. The van der Waals surface area contributed by atoms with E-state index < -0.39 is 0 Å². The maximum atomic E-state index is 5.72. The van der Waals surface area contributed by atoms with E-state index in [9.17, 15) is 0 Å². The highest BCUT2D eigenvalue weighted by Gasteiger charge is 2.00. The first-order valence-corrected chi connectivity index (χ1v) is 4.49. The quantitative estimate of drug-likeness (QED) is 0.686. The molecule has 66 valence electrons. The van der Waals surface area contributed by atoms with Crippen LogP contribution >= 0.6 is 11.6 Å². The van der Waals surface area contributed by atoms with E-state index in [1.54, 1.807) is 6.26 Å². The summed E-state index contributed by atoms with van der Waals surface area (Å²) in [6.07, 6.45) is 1.56. The summed E-state index contributed by atoms with van der Waals surface area (Å²) in [5.41, 5.74) is 2.96. The Bertz CT molecular complexity index is 384. The van der Waals surface area contributed by atoms with Gasteiger partial charge in [-0.2, -0.15) is 0 Å². The van der Waals surface area contributed by atoms with Crippen molar-refractivity contribution in [1.29, 1.82) is 0 Å². The van der Waals surface area contributed by atoms with Gasteiger partial charge in [0.05, 0.1) is 0 Å². The van der Waals surface area contributed by atoms with Crippen molar-refractivity contribution in [2.75, 3.05) is 0 Å². The number of halogens is 1. The van der Waals surface area contributed by atoms with Crippen LogP contribution in [0.25, 0.3) is 11.3 Å². The molecule has 0 saturated heterocycles. The normalized spacial score (nSPS) is 10.2. The Morgan fingerprint density at radius 2 is 2.23 bits per heavy atom. The molecule has 13 heavy (non-hydrogen) atoms. The summed E-state index contributed by atoms with van der Waals surface area (Å²) in [4.78, 5) is 0. The summed E-state index contributed by atoms with van der Waals surface area (Å²) in [5, 5.41) is 3.84. The molecule has 1 heterocycles. The molecule has 0 saturated carbocycles. The Kier molecular flexibility index (Phi) is 2.32. The SMILES string of the molecule is ClCc1cccc(-c2ccon2)c1. The van der Waals surface area contributed by atoms with E-state index in [1.165, 1.54) is 0 Å². The fraction of sp³-hybridized carbons (Fsp3) is 0.100. The molecule has 0 radical (unpaired) electrons. The minimum Gasteiger partial charge on any atom is -0.364 e. The lowest BCUT2D eigenvalue weighted by atomic mass is 10.1. The molecular formula is C10H8ClNO. The Morgan fingerprint density at radius 1 is 1.31 bits per heavy atom. The van der Waals surface area contributed by atoms with Crippen molar-refractivity contribution in [3.05, 3.63) is 42.2 Å². The first-order valence-electron chi connectivity index (χ1n) is 3.96. The Balaban J connectivity index is 2.41. The first kappa shape index (κ1) is 8.32. The lowest BCUT2D eigenvalue weighted by Crippen LogP contribution is -1.80. The molecule has 1 aromatic heterocycles. The standard InChI is InChI=1S/C10H8ClNO/c11-7-8-2-1-3-9(6-8)10-4-5-13-12-10/h1-6H,7H2. The van der Waals surface area contributed by atoms with E-state index in [0.717, 1.165) is 16.8 Å². The molecule has 3 heteroatoms. The number of benzene rings is 1. The average Bonchev–Trinajstić information content (AvgIpc) is 2.71. The highest BCUT2D eigenvalue weighted by Crippen LogP contribution is 2.18. The van der Waals surface area contributed by atoms with Gasteiger partial charge < -0.3 is 4.52 Å². The molecule has 0 unspecified atom stereocenters. The van der Waals surface area contributed by atoms with Gasteiger partial charge in [0.15, 0.2) is 0 Å². The molecule has 0 amide bonds. The van der Waals surface area contributed by atoms with Gasteiger partial charge in [0.2, 0.25) is 0 Å². The van der Waals surface area contributed by atoms with Crippen molar-refractivity contribution >= 4 is 11.6 Å². The number of hydrogen-bond acceptors (Lipinski definition) is 2. The summed E-state index contributed by atoms with van der Waals surface area (Å²) in [7, 11) is 0. The number of aromatic nitrogens is 1. The van der Waals surface area contributed by atoms with Crippen LogP contribution in [0.3, 0.4) is 0 Å². The second kappa shape index (κ2) is 3.62. The van der Waals surface area contributed by atoms with Crippen LogP contribution in [0.4, 0.5) is 0 Å². The second-order valence-corrected chi connectivity index (χ2v) is 2.99. The molecule has 0 spiro atoms. The van der Waals surface area contributed by atoms with Crippen LogP contribution in [0.5, 0.6) is 0 Å². The van der Waals surface area contributed by atoms with Gasteiger partial charge in [0.1, 0.15) is 12.0 Å². The highest BCUT2D eigenvalue weighted by atomic mass is 35.5. The van der Waals surface area contributed by atoms with E-state index in [0.29, 0.717) is 5.88 Å². The van der Waals surface area contributed by atoms with Crippen LogP contribution in [0.15, 0.2) is 41.1 Å². The Hall–Kier alpha value is -1.28. The van der Waals surface area contributed by atoms with Crippen molar-refractivity contribution in [3.63, 3.8) is 0 Å². The van der Waals surface area contributed by atoms with Crippen LogP contribution in [-0.4, -0.2) is 5.16 Å². The topological polar surface area (TPSA) is 26.0 Å². The van der Waals surface area contributed by atoms with E-state index in [-0.39, 0.29) is 0 Å². The van der Waals surface area contributed by atoms with Crippen LogP contribution in [0, 0.1) is 0 Å². The third-order valence-electron chi connectivity index (χ3n) is 1.81. The van der Waals surface area contributed by atoms with Gasteiger partial charge in [-0.15, -0.1) is 11.6 Å². The fourth-order valence-electron chi connectivity index (χ4n) is 1.18. The molecule has 0 bridgehead atoms. The number of hydrogen-bond donors (Lipinski definition) is 0. The number of alkyl halides is 1. The molecular weight excluding hydrogens is 186 g/mol. The van der Waals surface area contributed by atoms with E-state index in [4.69, 9.17) is 16.1 Å². The largest absolute Gasteiger partial charge is 0.364 e. The molecule has 2 aromatic rings. The van der Waals surface area contributed by atoms with E-state index in [2.05, 4.69) is 5.16 Å². The van der Waals surface area contributed by atoms with Gasteiger partial charge in [0, 0.05) is 17.5 Å². The van der Waals surface area contributed by atoms with Gasteiger partial charge in [-0.25, -0.2) is 0 Å². The smallest absolute Gasteiger partial charge is 0.124 e. The van der Waals surface area contributed by atoms with Gasteiger partial charge in [0.25, 0.3) is 0 Å². The minimum atomic E-state index is 0.520. The van der Waals surface area contributed by atoms with Crippen molar-refractivity contribution in [1.82, 2.24) is 5.16 Å². The summed E-state index contributed by atoms with van der Waals surface area (Å²) in [6.45, 7) is 0. The molecule has 0 aliphatic carbocycles. The predicted molar refractivity (Wildman–Crippen MR) is 51.5 cm³/mol. The maximum absolute atomic E-state index is 5.72. The number of rotatable bonds is 2.